The van der Waals surface area contributed by atoms with E-state index in [1.54, 1.807) is 12.1 Å². The number of carbonyl (C=O) groups is 1. The number of benzene rings is 1. The van der Waals surface area contributed by atoms with Crippen LogP contribution in [-0.4, -0.2) is 10.9 Å². The number of hydrogen-bond donors (Lipinski definition) is 1. The lowest BCUT2D eigenvalue weighted by molar-refractivity contribution is 0.102. The second kappa shape index (κ2) is 8.48. The molecule has 4 heteroatoms. The Labute approximate surface area is 154 Å². The van der Waals surface area contributed by atoms with Gasteiger partial charge in [-0.1, -0.05) is 43.5 Å². The van der Waals surface area contributed by atoms with Crippen LogP contribution in [0.4, 0.5) is 5.82 Å². The molecule has 0 radical (unpaired) electrons. The van der Waals surface area contributed by atoms with Crippen molar-refractivity contribution in [2.24, 2.45) is 5.92 Å². The van der Waals surface area contributed by atoms with Crippen LogP contribution in [0.1, 0.15) is 67.3 Å². The van der Waals surface area contributed by atoms with Gasteiger partial charge in [-0.05, 0) is 67.3 Å². The third-order valence-corrected chi connectivity index (χ3v) is 5.38. The van der Waals surface area contributed by atoms with Crippen LogP contribution in [0.25, 0.3) is 0 Å². The number of halogens is 1. The smallest absolute Gasteiger partial charge is 0.256 e. The van der Waals surface area contributed by atoms with Crippen LogP contribution in [0.5, 0.6) is 0 Å². The summed E-state index contributed by atoms with van der Waals surface area (Å²) < 4.78 is 0. The van der Waals surface area contributed by atoms with Crippen LogP contribution in [0.15, 0.2) is 42.6 Å². The van der Waals surface area contributed by atoms with E-state index in [4.69, 9.17) is 11.6 Å². The van der Waals surface area contributed by atoms with Crippen LogP contribution in [0.2, 0.25) is 5.02 Å². The standard InChI is InChI=1S/C21H25ClN2O/c1-2-3-15-4-6-16(7-5-15)17-8-10-18(11-9-17)21(25)24-20-13-12-19(22)14-23-20/h8-16H,2-7H2,1H3,(H,23,24,25). The Morgan fingerprint density at radius 1 is 1.12 bits per heavy atom. The zero-order valence-corrected chi connectivity index (χ0v) is 15.4. The third kappa shape index (κ3) is 4.82. The van der Waals surface area contributed by atoms with Gasteiger partial charge in [0, 0.05) is 11.8 Å². The van der Waals surface area contributed by atoms with Gasteiger partial charge in [0.15, 0.2) is 0 Å². The van der Waals surface area contributed by atoms with E-state index in [-0.39, 0.29) is 5.91 Å². The summed E-state index contributed by atoms with van der Waals surface area (Å²) in [5, 5.41) is 3.35. The number of amides is 1. The van der Waals surface area contributed by atoms with Crippen LogP contribution in [-0.2, 0) is 0 Å². The molecule has 1 amide bonds. The molecule has 1 heterocycles. The molecule has 1 N–H and O–H groups in total. The quantitative estimate of drug-likeness (QED) is 0.707. The maximum absolute atomic E-state index is 12.3. The van der Waals surface area contributed by atoms with E-state index >= 15 is 0 Å². The highest BCUT2D eigenvalue weighted by Gasteiger charge is 2.21. The second-order valence-electron chi connectivity index (χ2n) is 6.94. The molecule has 0 atom stereocenters. The first-order valence-electron chi connectivity index (χ1n) is 9.18. The van der Waals surface area contributed by atoms with Crippen LogP contribution < -0.4 is 5.32 Å². The first-order valence-corrected chi connectivity index (χ1v) is 9.56. The third-order valence-electron chi connectivity index (χ3n) is 5.16. The van der Waals surface area contributed by atoms with E-state index < -0.39 is 0 Å². The van der Waals surface area contributed by atoms with Crippen LogP contribution in [0, 0.1) is 5.92 Å². The molecule has 1 aromatic carbocycles. The van der Waals surface area contributed by atoms with Crippen LogP contribution >= 0.6 is 11.6 Å². The van der Waals surface area contributed by atoms with Gasteiger partial charge in [-0.15, -0.1) is 0 Å². The summed E-state index contributed by atoms with van der Waals surface area (Å²) in [6.07, 6.45) is 9.39. The van der Waals surface area contributed by atoms with Crippen molar-refractivity contribution < 1.29 is 4.79 Å². The monoisotopic (exact) mass is 356 g/mol. The Hall–Kier alpha value is -1.87. The van der Waals surface area contributed by atoms with Gasteiger partial charge in [0.25, 0.3) is 5.91 Å². The van der Waals surface area contributed by atoms with Gasteiger partial charge < -0.3 is 5.32 Å². The number of nitrogens with one attached hydrogen (secondary N) is 1. The van der Waals surface area contributed by atoms with Crippen molar-refractivity contribution in [1.29, 1.82) is 0 Å². The molecule has 3 rings (SSSR count). The summed E-state index contributed by atoms with van der Waals surface area (Å²) in [6.45, 7) is 2.27. The van der Waals surface area contributed by atoms with E-state index in [0.29, 0.717) is 22.3 Å². The molecule has 2 aromatic rings. The van der Waals surface area contributed by atoms with E-state index in [1.807, 2.05) is 12.1 Å². The van der Waals surface area contributed by atoms with Crippen LogP contribution in [0.3, 0.4) is 0 Å². The van der Waals surface area contributed by atoms with Gasteiger partial charge in [-0.2, -0.15) is 0 Å². The lowest BCUT2D eigenvalue weighted by atomic mass is 9.77. The molecule has 0 spiro atoms. The SMILES string of the molecule is CCCC1CCC(c2ccc(C(=O)Nc3ccc(Cl)cn3)cc2)CC1. The molecule has 3 nitrogen and oxygen atoms in total. The highest BCUT2D eigenvalue weighted by Crippen LogP contribution is 2.37. The van der Waals surface area contributed by atoms with Crippen molar-refractivity contribution in [3.63, 3.8) is 0 Å². The van der Waals surface area contributed by atoms with Crippen molar-refractivity contribution in [3.8, 4) is 0 Å². The molecule has 1 aliphatic carbocycles. The molecule has 0 bridgehead atoms. The highest BCUT2D eigenvalue weighted by atomic mass is 35.5. The van der Waals surface area contributed by atoms with Gasteiger partial charge in [-0.25, -0.2) is 4.98 Å². The van der Waals surface area contributed by atoms with E-state index in [9.17, 15) is 4.79 Å². The van der Waals surface area contributed by atoms with Gasteiger partial charge in [0.1, 0.15) is 5.82 Å². The molecule has 1 saturated carbocycles. The molecule has 1 aliphatic rings. The predicted molar refractivity (Wildman–Crippen MR) is 103 cm³/mol. The summed E-state index contributed by atoms with van der Waals surface area (Å²) in [7, 11) is 0. The summed E-state index contributed by atoms with van der Waals surface area (Å²) in [4.78, 5) is 16.4. The Kier molecular flexibility index (Phi) is 6.09. The number of anilines is 1. The Bertz CT molecular complexity index is 689. The molecule has 25 heavy (non-hydrogen) atoms. The number of hydrogen-bond acceptors (Lipinski definition) is 2. The Morgan fingerprint density at radius 3 is 2.44 bits per heavy atom. The largest absolute Gasteiger partial charge is 0.307 e. The first-order chi connectivity index (χ1) is 12.2. The molecule has 0 unspecified atom stereocenters. The fourth-order valence-electron chi connectivity index (χ4n) is 3.74. The summed E-state index contributed by atoms with van der Waals surface area (Å²) in [5.41, 5.74) is 2.01. The molecular weight excluding hydrogens is 332 g/mol. The number of aromatic nitrogens is 1. The van der Waals surface area contributed by atoms with Gasteiger partial charge in [0.05, 0.1) is 5.02 Å². The fraction of sp³-hybridized carbons (Fsp3) is 0.429. The molecule has 1 aromatic heterocycles. The maximum atomic E-state index is 12.3. The van der Waals surface area contributed by atoms with Crippen molar-refractivity contribution in [2.75, 3.05) is 5.32 Å². The summed E-state index contributed by atoms with van der Waals surface area (Å²) in [6, 6.07) is 11.5. The van der Waals surface area contributed by atoms with Crippen molar-refractivity contribution >= 4 is 23.3 Å². The maximum Gasteiger partial charge on any atom is 0.256 e. The number of carbonyl (C=O) groups excluding carboxylic acids is 1. The molecule has 1 fully saturated rings. The average molecular weight is 357 g/mol. The second-order valence-corrected chi connectivity index (χ2v) is 7.38. The number of rotatable bonds is 5. The minimum atomic E-state index is -0.145. The van der Waals surface area contributed by atoms with E-state index in [1.165, 1.54) is 50.3 Å². The molecular formula is C21H25ClN2O. The topological polar surface area (TPSA) is 42.0 Å². The van der Waals surface area contributed by atoms with E-state index in [0.717, 1.165) is 5.92 Å². The van der Waals surface area contributed by atoms with Crippen molar-refractivity contribution in [2.45, 2.75) is 51.4 Å². The average Bonchev–Trinajstić information content (AvgIpc) is 2.65. The first kappa shape index (κ1) is 17.9. The molecule has 0 saturated heterocycles. The minimum absolute atomic E-state index is 0.145. The van der Waals surface area contributed by atoms with Crippen molar-refractivity contribution in [3.05, 3.63) is 58.7 Å². The summed E-state index contributed by atoms with van der Waals surface area (Å²) >= 11 is 5.81. The normalized spacial score (nSPS) is 20.2. The fourth-order valence-corrected chi connectivity index (χ4v) is 3.85. The zero-order chi connectivity index (χ0) is 17.6. The van der Waals surface area contributed by atoms with Gasteiger partial charge >= 0.3 is 0 Å². The zero-order valence-electron chi connectivity index (χ0n) is 14.7. The van der Waals surface area contributed by atoms with Gasteiger partial charge in [-0.3, -0.25) is 4.79 Å². The van der Waals surface area contributed by atoms with E-state index in [2.05, 4.69) is 29.4 Å². The predicted octanol–water partition coefficient (Wildman–Crippen LogP) is 6.06. The molecule has 0 aliphatic heterocycles. The van der Waals surface area contributed by atoms with Crippen molar-refractivity contribution in [1.82, 2.24) is 4.98 Å². The minimum Gasteiger partial charge on any atom is -0.307 e. The number of pyridine rings is 1. The lowest BCUT2D eigenvalue weighted by Crippen LogP contribution is -2.14. The Morgan fingerprint density at radius 2 is 1.84 bits per heavy atom. The molecule has 132 valence electrons. The van der Waals surface area contributed by atoms with Gasteiger partial charge in [0.2, 0.25) is 0 Å². The number of nitrogens with zero attached hydrogens (tertiary/aromatic N) is 1. The summed E-state index contributed by atoms with van der Waals surface area (Å²) in [5.74, 6) is 1.92. The highest BCUT2D eigenvalue weighted by molar-refractivity contribution is 6.30. The lowest BCUT2D eigenvalue weighted by Gasteiger charge is -2.28. The Balaban J connectivity index is 1.58.